The van der Waals surface area contributed by atoms with E-state index in [0.717, 1.165) is 25.1 Å². The van der Waals surface area contributed by atoms with Crippen molar-refractivity contribution in [3.63, 3.8) is 0 Å². The van der Waals surface area contributed by atoms with Crippen molar-refractivity contribution in [3.05, 3.63) is 29.3 Å². The van der Waals surface area contributed by atoms with Gasteiger partial charge in [-0.05, 0) is 49.4 Å². The Morgan fingerprint density at radius 3 is 3.13 bits per heavy atom. The smallest absolute Gasteiger partial charge is 0.0349 e. The fraction of sp³-hybridized carbons (Fsp3) is 0.538. The Morgan fingerprint density at radius 2 is 2.33 bits per heavy atom. The highest BCUT2D eigenvalue weighted by atomic mass is 14.9. The topological polar surface area (TPSA) is 38.0 Å². The van der Waals surface area contributed by atoms with Gasteiger partial charge in [0.05, 0.1) is 0 Å². The number of nitrogens with one attached hydrogen (secondary N) is 1. The molecule has 0 unspecified atom stereocenters. The summed E-state index contributed by atoms with van der Waals surface area (Å²) in [5.74, 6) is 0. The summed E-state index contributed by atoms with van der Waals surface area (Å²) in [5.41, 5.74) is 9.76. The SMILES string of the molecule is CCCN[C@H]1CCc2c(N)cccc2C1. The van der Waals surface area contributed by atoms with Crippen LogP contribution in [0, 0.1) is 0 Å². The molecular formula is C13H20N2. The second kappa shape index (κ2) is 4.67. The van der Waals surface area contributed by atoms with Crippen LogP contribution >= 0.6 is 0 Å². The number of benzene rings is 1. The Balaban J connectivity index is 2.07. The van der Waals surface area contributed by atoms with Crippen LogP contribution in [0.4, 0.5) is 5.69 Å². The van der Waals surface area contributed by atoms with Crippen LogP contribution in [0.3, 0.4) is 0 Å². The lowest BCUT2D eigenvalue weighted by atomic mass is 9.87. The molecule has 15 heavy (non-hydrogen) atoms. The highest BCUT2D eigenvalue weighted by Gasteiger charge is 2.18. The van der Waals surface area contributed by atoms with Crippen molar-refractivity contribution in [1.29, 1.82) is 0 Å². The van der Waals surface area contributed by atoms with Gasteiger partial charge in [-0.1, -0.05) is 19.1 Å². The first kappa shape index (κ1) is 10.5. The van der Waals surface area contributed by atoms with E-state index in [4.69, 9.17) is 5.73 Å². The molecule has 0 heterocycles. The Hall–Kier alpha value is -1.02. The second-order valence-electron chi connectivity index (χ2n) is 4.38. The van der Waals surface area contributed by atoms with Crippen LogP contribution in [0.25, 0.3) is 0 Å². The summed E-state index contributed by atoms with van der Waals surface area (Å²) in [4.78, 5) is 0. The molecule has 3 N–H and O–H groups in total. The summed E-state index contributed by atoms with van der Waals surface area (Å²) >= 11 is 0. The van der Waals surface area contributed by atoms with Crippen LogP contribution in [-0.4, -0.2) is 12.6 Å². The molecule has 0 amide bonds. The lowest BCUT2D eigenvalue weighted by molar-refractivity contribution is 0.459. The van der Waals surface area contributed by atoms with Crippen molar-refractivity contribution < 1.29 is 0 Å². The van der Waals surface area contributed by atoms with Crippen LogP contribution in [0.15, 0.2) is 18.2 Å². The van der Waals surface area contributed by atoms with Gasteiger partial charge < -0.3 is 11.1 Å². The molecule has 0 bridgehead atoms. The fourth-order valence-electron chi connectivity index (χ4n) is 2.36. The number of fused-ring (bicyclic) bond motifs is 1. The van der Waals surface area contributed by atoms with E-state index in [1.54, 1.807) is 0 Å². The molecule has 1 aliphatic rings. The van der Waals surface area contributed by atoms with E-state index in [9.17, 15) is 0 Å². The largest absolute Gasteiger partial charge is 0.398 e. The maximum Gasteiger partial charge on any atom is 0.0349 e. The zero-order valence-electron chi connectivity index (χ0n) is 9.42. The minimum Gasteiger partial charge on any atom is -0.398 e. The molecule has 1 aliphatic carbocycles. The molecule has 2 heteroatoms. The quantitative estimate of drug-likeness (QED) is 0.740. The molecule has 2 nitrogen and oxygen atoms in total. The normalized spacial score (nSPS) is 19.9. The van der Waals surface area contributed by atoms with E-state index in [0.29, 0.717) is 6.04 Å². The van der Waals surface area contributed by atoms with Crippen molar-refractivity contribution >= 4 is 5.69 Å². The lowest BCUT2D eigenvalue weighted by Crippen LogP contribution is -2.35. The van der Waals surface area contributed by atoms with Crippen molar-refractivity contribution in [2.45, 2.75) is 38.6 Å². The third kappa shape index (κ3) is 2.32. The van der Waals surface area contributed by atoms with Gasteiger partial charge in [-0.25, -0.2) is 0 Å². The van der Waals surface area contributed by atoms with Gasteiger partial charge in [0.25, 0.3) is 0 Å². The van der Waals surface area contributed by atoms with Crippen molar-refractivity contribution in [3.8, 4) is 0 Å². The van der Waals surface area contributed by atoms with Crippen molar-refractivity contribution in [2.75, 3.05) is 12.3 Å². The lowest BCUT2D eigenvalue weighted by Gasteiger charge is -2.26. The van der Waals surface area contributed by atoms with E-state index in [2.05, 4.69) is 24.4 Å². The average Bonchev–Trinajstić information content (AvgIpc) is 2.26. The predicted molar refractivity (Wildman–Crippen MR) is 65.0 cm³/mol. The van der Waals surface area contributed by atoms with Crippen molar-refractivity contribution in [2.24, 2.45) is 0 Å². The highest BCUT2D eigenvalue weighted by molar-refractivity contribution is 5.52. The van der Waals surface area contributed by atoms with Crippen molar-refractivity contribution in [1.82, 2.24) is 5.32 Å². The van der Waals surface area contributed by atoms with E-state index in [-0.39, 0.29) is 0 Å². The van der Waals surface area contributed by atoms with E-state index < -0.39 is 0 Å². The number of hydrogen-bond acceptors (Lipinski definition) is 2. The molecule has 1 aromatic carbocycles. The number of anilines is 1. The van der Waals surface area contributed by atoms with Crippen LogP contribution in [0.1, 0.15) is 30.9 Å². The fourth-order valence-corrected chi connectivity index (χ4v) is 2.36. The summed E-state index contributed by atoms with van der Waals surface area (Å²) in [5, 5.41) is 3.59. The van der Waals surface area contributed by atoms with Gasteiger partial charge in [0, 0.05) is 11.7 Å². The molecule has 82 valence electrons. The molecule has 0 radical (unpaired) electrons. The number of hydrogen-bond donors (Lipinski definition) is 2. The molecule has 0 spiro atoms. The Bertz CT molecular complexity index is 333. The second-order valence-corrected chi connectivity index (χ2v) is 4.38. The number of rotatable bonds is 3. The first-order chi connectivity index (χ1) is 7.31. The first-order valence-corrected chi connectivity index (χ1v) is 5.91. The van der Waals surface area contributed by atoms with Gasteiger partial charge in [-0.15, -0.1) is 0 Å². The predicted octanol–water partition coefficient (Wildman–Crippen LogP) is 2.13. The number of nitrogens with two attached hydrogens (primary N) is 1. The zero-order valence-corrected chi connectivity index (χ0v) is 9.42. The Kier molecular flexibility index (Phi) is 3.27. The molecule has 2 rings (SSSR count). The molecule has 0 fully saturated rings. The van der Waals surface area contributed by atoms with Crippen LogP contribution < -0.4 is 11.1 Å². The monoisotopic (exact) mass is 204 g/mol. The van der Waals surface area contributed by atoms with E-state index >= 15 is 0 Å². The van der Waals surface area contributed by atoms with Gasteiger partial charge in [0.2, 0.25) is 0 Å². The maximum absolute atomic E-state index is 5.97. The molecule has 1 aromatic rings. The molecular weight excluding hydrogens is 184 g/mol. The molecule has 0 saturated heterocycles. The van der Waals surface area contributed by atoms with Gasteiger partial charge >= 0.3 is 0 Å². The molecule has 0 saturated carbocycles. The van der Waals surface area contributed by atoms with Crippen LogP contribution in [0.2, 0.25) is 0 Å². The highest BCUT2D eigenvalue weighted by Crippen LogP contribution is 2.25. The standard InChI is InChI=1S/C13H20N2/c1-2-8-15-11-6-7-12-10(9-11)4-3-5-13(12)14/h3-5,11,15H,2,6-9,14H2,1H3/t11-/m0/s1. The molecule has 1 atom stereocenters. The van der Waals surface area contributed by atoms with Gasteiger partial charge in [-0.2, -0.15) is 0 Å². The van der Waals surface area contributed by atoms with Gasteiger partial charge in [0.15, 0.2) is 0 Å². The number of nitrogen functional groups attached to an aromatic ring is 1. The maximum atomic E-state index is 5.97. The average molecular weight is 204 g/mol. The van der Waals surface area contributed by atoms with Gasteiger partial charge in [0.1, 0.15) is 0 Å². The summed E-state index contributed by atoms with van der Waals surface area (Å²) in [6.45, 7) is 3.34. The Labute approximate surface area is 91.9 Å². The summed E-state index contributed by atoms with van der Waals surface area (Å²) in [7, 11) is 0. The molecule has 0 aliphatic heterocycles. The third-order valence-corrected chi connectivity index (χ3v) is 3.20. The zero-order chi connectivity index (χ0) is 10.7. The van der Waals surface area contributed by atoms with E-state index in [1.807, 2.05) is 6.07 Å². The minimum absolute atomic E-state index is 0.652. The first-order valence-electron chi connectivity index (χ1n) is 5.91. The summed E-state index contributed by atoms with van der Waals surface area (Å²) in [6, 6.07) is 6.94. The van der Waals surface area contributed by atoms with Gasteiger partial charge in [-0.3, -0.25) is 0 Å². The third-order valence-electron chi connectivity index (χ3n) is 3.20. The summed E-state index contributed by atoms with van der Waals surface area (Å²) < 4.78 is 0. The summed E-state index contributed by atoms with van der Waals surface area (Å²) in [6.07, 6.45) is 4.70. The molecule has 0 aromatic heterocycles. The van der Waals surface area contributed by atoms with Crippen LogP contribution in [-0.2, 0) is 12.8 Å². The van der Waals surface area contributed by atoms with E-state index in [1.165, 1.54) is 24.0 Å². The van der Waals surface area contributed by atoms with Crippen LogP contribution in [0.5, 0.6) is 0 Å². The minimum atomic E-state index is 0.652. The Morgan fingerprint density at radius 1 is 1.47 bits per heavy atom.